The van der Waals surface area contributed by atoms with Gasteiger partial charge in [0.15, 0.2) is 0 Å². The average molecular weight is 265 g/mol. The normalized spacial score (nSPS) is 11.3. The molecule has 2 nitrogen and oxygen atoms in total. The lowest BCUT2D eigenvalue weighted by molar-refractivity contribution is -0.274. The van der Waals surface area contributed by atoms with Crippen LogP contribution >= 0.6 is 11.8 Å². The van der Waals surface area contributed by atoms with Crippen molar-refractivity contribution < 1.29 is 17.9 Å². The monoisotopic (exact) mass is 265 g/mol. The Morgan fingerprint density at radius 3 is 2.41 bits per heavy atom. The molecule has 0 heterocycles. The van der Waals surface area contributed by atoms with Gasteiger partial charge in [0, 0.05) is 18.0 Å². The summed E-state index contributed by atoms with van der Waals surface area (Å²) >= 11 is 1.80. The van der Waals surface area contributed by atoms with E-state index in [0.29, 0.717) is 0 Å². The third kappa shape index (κ3) is 6.31. The van der Waals surface area contributed by atoms with Gasteiger partial charge in [0.05, 0.1) is 0 Å². The first kappa shape index (κ1) is 14.0. The predicted molar refractivity (Wildman–Crippen MR) is 64.6 cm³/mol. The van der Waals surface area contributed by atoms with E-state index < -0.39 is 6.36 Å². The van der Waals surface area contributed by atoms with E-state index in [1.165, 1.54) is 12.1 Å². The smallest absolute Gasteiger partial charge is 0.406 e. The Labute approximate surface area is 103 Å². The van der Waals surface area contributed by atoms with Crippen molar-refractivity contribution in [1.29, 1.82) is 0 Å². The van der Waals surface area contributed by atoms with Crippen LogP contribution in [0.3, 0.4) is 0 Å². The largest absolute Gasteiger partial charge is 0.573 e. The molecular formula is C11H14F3NOS. The minimum absolute atomic E-state index is 0.203. The highest BCUT2D eigenvalue weighted by Crippen LogP contribution is 2.23. The topological polar surface area (TPSA) is 21.3 Å². The molecular weight excluding hydrogens is 251 g/mol. The zero-order valence-corrected chi connectivity index (χ0v) is 10.2. The minimum Gasteiger partial charge on any atom is -0.406 e. The molecule has 1 N–H and O–H groups in total. The van der Waals surface area contributed by atoms with Crippen LogP contribution in [0, 0.1) is 0 Å². The van der Waals surface area contributed by atoms with E-state index in [2.05, 4.69) is 17.0 Å². The van der Waals surface area contributed by atoms with Crippen LogP contribution < -0.4 is 10.1 Å². The maximum atomic E-state index is 11.9. The number of benzene rings is 1. The Morgan fingerprint density at radius 2 is 1.88 bits per heavy atom. The van der Waals surface area contributed by atoms with Crippen LogP contribution in [0.1, 0.15) is 6.92 Å². The van der Waals surface area contributed by atoms with Gasteiger partial charge in [0.1, 0.15) is 5.75 Å². The van der Waals surface area contributed by atoms with Gasteiger partial charge in [0.25, 0.3) is 0 Å². The summed E-state index contributed by atoms with van der Waals surface area (Å²) in [5.74, 6) is 1.82. The van der Waals surface area contributed by atoms with Crippen LogP contribution in [0.2, 0.25) is 0 Å². The SMILES string of the molecule is CCSCCNc1ccc(OC(F)(F)F)cc1. The van der Waals surface area contributed by atoms with Crippen LogP contribution in [0.5, 0.6) is 5.75 Å². The number of thioether (sulfide) groups is 1. The molecule has 0 aliphatic rings. The molecule has 0 bridgehead atoms. The summed E-state index contributed by atoms with van der Waals surface area (Å²) in [5, 5.41) is 3.11. The van der Waals surface area contributed by atoms with E-state index in [0.717, 1.165) is 23.7 Å². The van der Waals surface area contributed by atoms with Gasteiger partial charge in [-0.15, -0.1) is 13.2 Å². The van der Waals surface area contributed by atoms with Gasteiger partial charge in [-0.2, -0.15) is 11.8 Å². The van der Waals surface area contributed by atoms with Crippen LogP contribution in [0.15, 0.2) is 24.3 Å². The molecule has 0 saturated heterocycles. The van der Waals surface area contributed by atoms with Gasteiger partial charge in [0.2, 0.25) is 0 Å². The van der Waals surface area contributed by atoms with E-state index in [1.54, 1.807) is 23.9 Å². The van der Waals surface area contributed by atoms with Crippen molar-refractivity contribution >= 4 is 17.4 Å². The summed E-state index contributed by atoms with van der Waals surface area (Å²) in [4.78, 5) is 0. The van der Waals surface area contributed by atoms with E-state index in [1.807, 2.05) is 0 Å². The summed E-state index contributed by atoms with van der Waals surface area (Å²) in [6.45, 7) is 2.87. The molecule has 0 aliphatic heterocycles. The van der Waals surface area contributed by atoms with Crippen LogP contribution in [-0.2, 0) is 0 Å². The van der Waals surface area contributed by atoms with Crippen molar-refractivity contribution in [3.8, 4) is 5.75 Å². The summed E-state index contributed by atoms with van der Waals surface area (Å²) in [6, 6.07) is 5.72. The second-order valence-corrected chi connectivity index (χ2v) is 4.59. The number of hydrogen-bond donors (Lipinski definition) is 1. The maximum Gasteiger partial charge on any atom is 0.573 e. The second-order valence-electron chi connectivity index (χ2n) is 3.20. The van der Waals surface area contributed by atoms with Crippen molar-refractivity contribution in [3.63, 3.8) is 0 Å². The summed E-state index contributed by atoms with van der Waals surface area (Å²) in [7, 11) is 0. The number of halogens is 3. The first-order valence-electron chi connectivity index (χ1n) is 5.18. The first-order valence-corrected chi connectivity index (χ1v) is 6.34. The molecule has 0 radical (unpaired) electrons. The standard InChI is InChI=1S/C11H14F3NOS/c1-2-17-8-7-15-9-3-5-10(6-4-9)16-11(12,13)14/h3-6,15H,2,7-8H2,1H3. The van der Waals surface area contributed by atoms with Crippen LogP contribution in [0.4, 0.5) is 18.9 Å². The summed E-state index contributed by atoms with van der Waals surface area (Å²) in [5.41, 5.74) is 0.788. The Kier molecular flexibility index (Phi) is 5.47. The van der Waals surface area contributed by atoms with Crippen LogP contribution in [-0.4, -0.2) is 24.4 Å². The van der Waals surface area contributed by atoms with Gasteiger partial charge >= 0.3 is 6.36 Å². The predicted octanol–water partition coefficient (Wildman–Crippen LogP) is 3.75. The number of ether oxygens (including phenoxy) is 1. The molecule has 0 atom stereocenters. The first-order chi connectivity index (χ1) is 8.01. The molecule has 1 rings (SSSR count). The molecule has 17 heavy (non-hydrogen) atoms. The molecule has 0 aromatic heterocycles. The summed E-state index contributed by atoms with van der Waals surface area (Å²) < 4.78 is 39.4. The Hall–Kier alpha value is -1.04. The maximum absolute atomic E-state index is 11.9. The fourth-order valence-electron chi connectivity index (χ4n) is 1.19. The molecule has 0 amide bonds. The van der Waals surface area contributed by atoms with Crippen molar-refractivity contribution in [2.24, 2.45) is 0 Å². The molecule has 0 saturated carbocycles. The number of nitrogens with one attached hydrogen (secondary N) is 1. The van der Waals surface area contributed by atoms with E-state index in [9.17, 15) is 13.2 Å². The fraction of sp³-hybridized carbons (Fsp3) is 0.455. The number of anilines is 1. The molecule has 0 unspecified atom stereocenters. The van der Waals surface area contributed by atoms with Crippen molar-refractivity contribution in [2.45, 2.75) is 13.3 Å². The molecule has 6 heteroatoms. The average Bonchev–Trinajstić information content (AvgIpc) is 2.25. The van der Waals surface area contributed by atoms with Crippen molar-refractivity contribution in [3.05, 3.63) is 24.3 Å². The van der Waals surface area contributed by atoms with Gasteiger partial charge in [-0.1, -0.05) is 6.92 Å². The van der Waals surface area contributed by atoms with E-state index in [-0.39, 0.29) is 5.75 Å². The zero-order chi connectivity index (χ0) is 12.7. The zero-order valence-electron chi connectivity index (χ0n) is 9.38. The third-order valence-corrected chi connectivity index (χ3v) is 2.77. The number of alkyl halides is 3. The van der Waals surface area contributed by atoms with Gasteiger partial charge in [-0.25, -0.2) is 0 Å². The number of hydrogen-bond acceptors (Lipinski definition) is 3. The van der Waals surface area contributed by atoms with E-state index >= 15 is 0 Å². The molecule has 1 aromatic carbocycles. The third-order valence-electron chi connectivity index (χ3n) is 1.87. The molecule has 96 valence electrons. The van der Waals surface area contributed by atoms with Gasteiger partial charge in [-0.05, 0) is 30.0 Å². The Bertz CT molecular complexity index is 326. The lowest BCUT2D eigenvalue weighted by Crippen LogP contribution is -2.17. The van der Waals surface area contributed by atoms with Crippen LogP contribution in [0.25, 0.3) is 0 Å². The minimum atomic E-state index is -4.63. The Morgan fingerprint density at radius 1 is 1.24 bits per heavy atom. The lowest BCUT2D eigenvalue weighted by atomic mass is 10.3. The highest BCUT2D eigenvalue weighted by atomic mass is 32.2. The van der Waals surface area contributed by atoms with Crippen molar-refractivity contribution in [1.82, 2.24) is 0 Å². The second kappa shape index (κ2) is 6.64. The molecule has 0 fully saturated rings. The van der Waals surface area contributed by atoms with Gasteiger partial charge < -0.3 is 10.1 Å². The molecule has 0 spiro atoms. The lowest BCUT2D eigenvalue weighted by Gasteiger charge is -2.10. The molecule has 0 aliphatic carbocycles. The highest BCUT2D eigenvalue weighted by Gasteiger charge is 2.30. The fourth-order valence-corrected chi connectivity index (χ4v) is 1.72. The van der Waals surface area contributed by atoms with Gasteiger partial charge in [-0.3, -0.25) is 0 Å². The quantitative estimate of drug-likeness (QED) is 0.791. The molecule has 1 aromatic rings. The Balaban J connectivity index is 2.39. The van der Waals surface area contributed by atoms with E-state index in [4.69, 9.17) is 0 Å². The highest BCUT2D eigenvalue weighted by molar-refractivity contribution is 7.99. The van der Waals surface area contributed by atoms with Crippen molar-refractivity contribution in [2.75, 3.05) is 23.4 Å². The summed E-state index contributed by atoms with van der Waals surface area (Å²) in [6.07, 6.45) is -4.63. The number of rotatable bonds is 6.